The molecule has 2 nitrogen and oxygen atoms in total. The summed E-state index contributed by atoms with van der Waals surface area (Å²) in [7, 11) is 1.73. The van der Waals surface area contributed by atoms with Crippen LogP contribution in [0.1, 0.15) is 52.0 Å². The molecule has 0 amide bonds. The maximum Gasteiger partial charge on any atom is 0.119 e. The minimum Gasteiger partial charge on any atom is -0.497 e. The molecule has 0 spiro atoms. The molecule has 1 aromatic carbocycles. The van der Waals surface area contributed by atoms with Crippen LogP contribution in [0.4, 0.5) is 0 Å². The second-order valence-corrected chi connectivity index (χ2v) is 6.90. The molecule has 1 saturated carbocycles. The van der Waals surface area contributed by atoms with Crippen molar-refractivity contribution in [3.63, 3.8) is 0 Å². The van der Waals surface area contributed by atoms with Crippen molar-refractivity contribution in [2.24, 2.45) is 5.41 Å². The van der Waals surface area contributed by atoms with Gasteiger partial charge in [-0.1, -0.05) is 32.9 Å². The number of nitrogens with one attached hydrogen (secondary N) is 1. The van der Waals surface area contributed by atoms with Gasteiger partial charge in [0.1, 0.15) is 5.75 Å². The molecule has 1 atom stereocenters. The summed E-state index contributed by atoms with van der Waals surface area (Å²) in [6.45, 7) is 9.17. The molecule has 1 fully saturated rings. The van der Waals surface area contributed by atoms with E-state index in [1.54, 1.807) is 7.11 Å². The molecule has 0 radical (unpaired) electrons. The first-order valence-electron chi connectivity index (χ1n) is 7.30. The van der Waals surface area contributed by atoms with Gasteiger partial charge in [-0.15, -0.1) is 0 Å². The quantitative estimate of drug-likeness (QED) is 0.885. The Morgan fingerprint density at radius 2 is 1.95 bits per heavy atom. The third-order valence-electron chi connectivity index (χ3n) is 4.49. The van der Waals surface area contributed by atoms with E-state index in [9.17, 15) is 0 Å². The molecule has 0 aromatic heterocycles. The Morgan fingerprint density at radius 1 is 1.26 bits per heavy atom. The number of hydrogen-bond donors (Lipinski definition) is 1. The number of methoxy groups -OCH3 is 1. The molecule has 0 saturated heterocycles. The zero-order valence-electron chi connectivity index (χ0n) is 12.9. The monoisotopic (exact) mass is 261 g/mol. The maximum atomic E-state index is 5.29. The lowest BCUT2D eigenvalue weighted by atomic mass is 9.74. The molecule has 1 aliphatic carbocycles. The SMILES string of the molecule is COc1cccc(C2CC(NC(C)C(C)(C)C)C2)c1. The molecule has 1 N–H and O–H groups in total. The first-order valence-corrected chi connectivity index (χ1v) is 7.30. The van der Waals surface area contributed by atoms with Crippen LogP contribution in [0.5, 0.6) is 5.75 Å². The van der Waals surface area contributed by atoms with E-state index in [1.807, 2.05) is 6.07 Å². The molecule has 19 heavy (non-hydrogen) atoms. The first-order chi connectivity index (χ1) is 8.90. The van der Waals surface area contributed by atoms with E-state index in [2.05, 4.69) is 51.2 Å². The van der Waals surface area contributed by atoms with Gasteiger partial charge in [0, 0.05) is 12.1 Å². The first kappa shape index (κ1) is 14.4. The molecular weight excluding hydrogens is 234 g/mol. The number of hydrogen-bond acceptors (Lipinski definition) is 2. The predicted octanol–water partition coefficient (Wildman–Crippen LogP) is 3.97. The normalized spacial score (nSPS) is 24.7. The zero-order valence-corrected chi connectivity index (χ0v) is 12.9. The van der Waals surface area contributed by atoms with Crippen LogP contribution >= 0.6 is 0 Å². The Labute approximate surface area is 117 Å². The summed E-state index contributed by atoms with van der Waals surface area (Å²) in [5.74, 6) is 1.66. The number of benzene rings is 1. The average Bonchev–Trinajstić information content (AvgIpc) is 2.31. The largest absolute Gasteiger partial charge is 0.497 e. The summed E-state index contributed by atoms with van der Waals surface area (Å²) in [6, 6.07) is 9.73. The summed E-state index contributed by atoms with van der Waals surface area (Å²) in [5, 5.41) is 3.75. The van der Waals surface area contributed by atoms with Gasteiger partial charge in [-0.25, -0.2) is 0 Å². The summed E-state index contributed by atoms with van der Waals surface area (Å²) in [6.07, 6.45) is 2.49. The summed E-state index contributed by atoms with van der Waals surface area (Å²) < 4.78 is 5.29. The second kappa shape index (κ2) is 5.54. The van der Waals surface area contributed by atoms with E-state index in [4.69, 9.17) is 4.74 Å². The van der Waals surface area contributed by atoms with Crippen LogP contribution in [0.25, 0.3) is 0 Å². The van der Waals surface area contributed by atoms with E-state index in [0.29, 0.717) is 23.4 Å². The van der Waals surface area contributed by atoms with Gasteiger partial charge in [0.05, 0.1) is 7.11 Å². The molecule has 0 heterocycles. The van der Waals surface area contributed by atoms with Gasteiger partial charge >= 0.3 is 0 Å². The second-order valence-electron chi connectivity index (χ2n) is 6.90. The molecule has 106 valence electrons. The predicted molar refractivity (Wildman–Crippen MR) is 80.8 cm³/mol. The minimum atomic E-state index is 0.334. The van der Waals surface area contributed by atoms with Crippen molar-refractivity contribution in [2.45, 2.75) is 58.5 Å². The highest BCUT2D eigenvalue weighted by Gasteiger charge is 2.33. The van der Waals surface area contributed by atoms with E-state index >= 15 is 0 Å². The minimum absolute atomic E-state index is 0.334. The Kier molecular flexibility index (Phi) is 4.19. The van der Waals surface area contributed by atoms with Crippen molar-refractivity contribution in [3.05, 3.63) is 29.8 Å². The third-order valence-corrected chi connectivity index (χ3v) is 4.49. The lowest BCUT2D eigenvalue weighted by Gasteiger charge is -2.41. The molecule has 1 aromatic rings. The molecule has 0 aliphatic heterocycles. The van der Waals surface area contributed by atoms with Crippen molar-refractivity contribution >= 4 is 0 Å². The van der Waals surface area contributed by atoms with Crippen LogP contribution < -0.4 is 10.1 Å². The fraction of sp³-hybridized carbons (Fsp3) is 0.647. The van der Waals surface area contributed by atoms with Gasteiger partial charge in [0.2, 0.25) is 0 Å². The number of ether oxygens (including phenoxy) is 1. The zero-order chi connectivity index (χ0) is 14.0. The van der Waals surface area contributed by atoms with Gasteiger partial charge in [-0.3, -0.25) is 0 Å². The fourth-order valence-electron chi connectivity index (χ4n) is 2.53. The van der Waals surface area contributed by atoms with Crippen LogP contribution in [0.3, 0.4) is 0 Å². The molecule has 1 unspecified atom stereocenters. The summed E-state index contributed by atoms with van der Waals surface area (Å²) in [4.78, 5) is 0. The van der Waals surface area contributed by atoms with Crippen molar-refractivity contribution in [3.8, 4) is 5.75 Å². The van der Waals surface area contributed by atoms with Crippen molar-refractivity contribution in [2.75, 3.05) is 7.11 Å². The van der Waals surface area contributed by atoms with Gasteiger partial charge in [0.15, 0.2) is 0 Å². The highest BCUT2D eigenvalue weighted by Crippen LogP contribution is 2.38. The van der Waals surface area contributed by atoms with Crippen LogP contribution in [0.2, 0.25) is 0 Å². The Hall–Kier alpha value is -1.02. The molecular formula is C17H27NO. The van der Waals surface area contributed by atoms with E-state index < -0.39 is 0 Å². The van der Waals surface area contributed by atoms with Gasteiger partial charge < -0.3 is 10.1 Å². The van der Waals surface area contributed by atoms with Gasteiger partial charge in [-0.2, -0.15) is 0 Å². The molecule has 2 rings (SSSR count). The highest BCUT2D eigenvalue weighted by atomic mass is 16.5. The summed E-state index contributed by atoms with van der Waals surface area (Å²) in [5.41, 5.74) is 1.75. The van der Waals surface area contributed by atoms with Crippen molar-refractivity contribution in [1.82, 2.24) is 5.32 Å². The average molecular weight is 261 g/mol. The lowest BCUT2D eigenvalue weighted by Crippen LogP contribution is -2.49. The van der Waals surface area contributed by atoms with Crippen LogP contribution in [-0.4, -0.2) is 19.2 Å². The Balaban J connectivity index is 1.86. The fourth-order valence-corrected chi connectivity index (χ4v) is 2.53. The summed E-state index contributed by atoms with van der Waals surface area (Å²) >= 11 is 0. The Morgan fingerprint density at radius 3 is 2.53 bits per heavy atom. The van der Waals surface area contributed by atoms with E-state index in [0.717, 1.165) is 5.75 Å². The van der Waals surface area contributed by atoms with E-state index in [-0.39, 0.29) is 0 Å². The third kappa shape index (κ3) is 3.50. The Bertz CT molecular complexity index is 416. The standard InChI is InChI=1S/C17H27NO/c1-12(17(2,3)4)18-15-9-14(10-15)13-7-6-8-16(11-13)19-5/h6-8,11-12,14-15,18H,9-10H2,1-5H3. The van der Waals surface area contributed by atoms with Crippen molar-refractivity contribution < 1.29 is 4.74 Å². The van der Waals surface area contributed by atoms with Crippen molar-refractivity contribution in [1.29, 1.82) is 0 Å². The lowest BCUT2D eigenvalue weighted by molar-refractivity contribution is 0.202. The number of rotatable bonds is 4. The smallest absolute Gasteiger partial charge is 0.119 e. The van der Waals surface area contributed by atoms with Gasteiger partial charge in [-0.05, 0) is 48.8 Å². The topological polar surface area (TPSA) is 21.3 Å². The van der Waals surface area contributed by atoms with E-state index in [1.165, 1.54) is 18.4 Å². The van der Waals surface area contributed by atoms with Crippen LogP contribution in [0, 0.1) is 5.41 Å². The van der Waals surface area contributed by atoms with Crippen LogP contribution in [-0.2, 0) is 0 Å². The maximum absolute atomic E-state index is 5.29. The molecule has 0 bridgehead atoms. The highest BCUT2D eigenvalue weighted by molar-refractivity contribution is 5.32. The van der Waals surface area contributed by atoms with Crippen LogP contribution in [0.15, 0.2) is 24.3 Å². The molecule has 1 aliphatic rings. The van der Waals surface area contributed by atoms with Gasteiger partial charge in [0.25, 0.3) is 0 Å². The molecule has 2 heteroatoms.